The van der Waals surface area contributed by atoms with Crippen LogP contribution in [0.3, 0.4) is 0 Å². The summed E-state index contributed by atoms with van der Waals surface area (Å²) in [5.41, 5.74) is 4.80. The predicted molar refractivity (Wildman–Crippen MR) is 85.8 cm³/mol. The topological polar surface area (TPSA) is 39.4 Å². The second kappa shape index (κ2) is 5.90. The van der Waals surface area contributed by atoms with E-state index in [1.165, 1.54) is 0 Å². The van der Waals surface area contributed by atoms with Crippen LogP contribution in [0.2, 0.25) is 0 Å². The number of imidazole rings is 1. The van der Waals surface area contributed by atoms with E-state index in [1.807, 2.05) is 48.7 Å². The molecule has 0 radical (unpaired) electrons. The Labute approximate surface area is 129 Å². The quantitative estimate of drug-likeness (QED) is 0.693. The maximum atomic E-state index is 5.96. The SMILES string of the molecule is C#CCc1c(C)nc2c(OCc3cccnc3C)cccn12. The number of aromatic nitrogens is 3. The van der Waals surface area contributed by atoms with Crippen LogP contribution in [0, 0.1) is 26.2 Å². The average Bonchev–Trinajstić information content (AvgIpc) is 2.84. The van der Waals surface area contributed by atoms with Crippen molar-refractivity contribution in [3.05, 3.63) is 59.3 Å². The molecule has 0 spiro atoms. The molecule has 0 bridgehead atoms. The number of ether oxygens (including phenoxy) is 1. The lowest BCUT2D eigenvalue weighted by atomic mass is 10.2. The van der Waals surface area contributed by atoms with Crippen molar-refractivity contribution >= 4 is 5.65 Å². The molecular weight excluding hydrogens is 274 g/mol. The van der Waals surface area contributed by atoms with E-state index >= 15 is 0 Å². The number of aryl methyl sites for hydroxylation is 2. The van der Waals surface area contributed by atoms with Gasteiger partial charge in [0.05, 0.1) is 17.8 Å². The second-order valence-electron chi connectivity index (χ2n) is 5.13. The maximum absolute atomic E-state index is 5.96. The van der Waals surface area contributed by atoms with Gasteiger partial charge < -0.3 is 4.74 Å². The minimum absolute atomic E-state index is 0.468. The molecule has 0 aliphatic heterocycles. The molecule has 0 atom stereocenters. The number of hydrogen-bond acceptors (Lipinski definition) is 3. The van der Waals surface area contributed by atoms with Crippen molar-refractivity contribution in [3.63, 3.8) is 0 Å². The number of fused-ring (bicyclic) bond motifs is 1. The van der Waals surface area contributed by atoms with E-state index in [1.54, 1.807) is 6.20 Å². The summed E-state index contributed by atoms with van der Waals surface area (Å²) in [4.78, 5) is 8.87. The highest BCUT2D eigenvalue weighted by atomic mass is 16.5. The number of pyridine rings is 2. The fraction of sp³-hybridized carbons (Fsp3) is 0.222. The predicted octanol–water partition coefficient (Wildman–Crippen LogP) is 3.10. The molecule has 0 aliphatic rings. The third kappa shape index (κ3) is 2.53. The van der Waals surface area contributed by atoms with Crippen LogP contribution < -0.4 is 4.74 Å². The normalized spacial score (nSPS) is 10.6. The van der Waals surface area contributed by atoms with Crippen LogP contribution in [0.15, 0.2) is 36.7 Å². The number of rotatable bonds is 4. The molecule has 3 rings (SSSR count). The Morgan fingerprint density at radius 3 is 2.86 bits per heavy atom. The molecule has 0 aromatic carbocycles. The molecule has 110 valence electrons. The Kier molecular flexibility index (Phi) is 3.80. The highest BCUT2D eigenvalue weighted by molar-refractivity contribution is 5.56. The third-order valence-electron chi connectivity index (χ3n) is 3.68. The molecule has 4 heteroatoms. The van der Waals surface area contributed by atoms with Gasteiger partial charge in [0.1, 0.15) is 6.61 Å². The lowest BCUT2D eigenvalue weighted by molar-refractivity contribution is 0.306. The summed E-state index contributed by atoms with van der Waals surface area (Å²) in [5, 5.41) is 0. The van der Waals surface area contributed by atoms with Crippen molar-refractivity contribution in [1.82, 2.24) is 14.4 Å². The van der Waals surface area contributed by atoms with Crippen LogP contribution in [0.4, 0.5) is 0 Å². The van der Waals surface area contributed by atoms with Gasteiger partial charge in [-0.15, -0.1) is 12.3 Å². The summed E-state index contributed by atoms with van der Waals surface area (Å²) >= 11 is 0. The molecule has 3 aromatic heterocycles. The maximum Gasteiger partial charge on any atom is 0.180 e. The van der Waals surface area contributed by atoms with Gasteiger partial charge in [0.25, 0.3) is 0 Å². The van der Waals surface area contributed by atoms with E-state index in [2.05, 4.69) is 15.9 Å². The molecule has 0 amide bonds. The van der Waals surface area contributed by atoms with Crippen molar-refractivity contribution in [1.29, 1.82) is 0 Å². The van der Waals surface area contributed by atoms with Crippen LogP contribution in [-0.4, -0.2) is 14.4 Å². The lowest BCUT2D eigenvalue weighted by Crippen LogP contribution is -2.01. The molecule has 3 aromatic rings. The Morgan fingerprint density at radius 2 is 2.09 bits per heavy atom. The molecule has 0 fully saturated rings. The van der Waals surface area contributed by atoms with Crippen LogP contribution in [0.5, 0.6) is 5.75 Å². The fourth-order valence-corrected chi connectivity index (χ4v) is 2.45. The van der Waals surface area contributed by atoms with E-state index in [0.717, 1.165) is 34.0 Å². The lowest BCUT2D eigenvalue weighted by Gasteiger charge is -2.09. The van der Waals surface area contributed by atoms with E-state index in [-0.39, 0.29) is 0 Å². The van der Waals surface area contributed by atoms with Crippen LogP contribution >= 0.6 is 0 Å². The van der Waals surface area contributed by atoms with Gasteiger partial charge in [0, 0.05) is 23.7 Å². The summed E-state index contributed by atoms with van der Waals surface area (Å²) < 4.78 is 7.96. The number of terminal acetylenes is 1. The molecule has 3 heterocycles. The van der Waals surface area contributed by atoms with Gasteiger partial charge in [-0.1, -0.05) is 6.07 Å². The zero-order valence-electron chi connectivity index (χ0n) is 12.7. The first-order valence-corrected chi connectivity index (χ1v) is 7.14. The molecule has 0 saturated heterocycles. The van der Waals surface area contributed by atoms with Gasteiger partial charge in [0.15, 0.2) is 11.4 Å². The molecular formula is C18H17N3O. The summed E-state index contributed by atoms with van der Waals surface area (Å²) in [5.74, 6) is 3.43. The van der Waals surface area contributed by atoms with Crippen LogP contribution in [-0.2, 0) is 13.0 Å². The van der Waals surface area contributed by atoms with E-state index in [9.17, 15) is 0 Å². The molecule has 0 unspecified atom stereocenters. The summed E-state index contributed by atoms with van der Waals surface area (Å²) in [6.07, 6.45) is 9.74. The average molecular weight is 291 g/mol. The Bertz CT molecular complexity index is 858. The zero-order valence-corrected chi connectivity index (χ0v) is 12.7. The molecule has 22 heavy (non-hydrogen) atoms. The summed E-state index contributed by atoms with van der Waals surface area (Å²) in [7, 11) is 0. The Hall–Kier alpha value is -2.80. The first kappa shape index (κ1) is 14.2. The number of nitrogens with zero attached hydrogens (tertiary/aromatic N) is 3. The summed E-state index contributed by atoms with van der Waals surface area (Å²) in [6.45, 7) is 4.41. The second-order valence-corrected chi connectivity index (χ2v) is 5.13. The first-order chi connectivity index (χ1) is 10.7. The minimum Gasteiger partial charge on any atom is -0.485 e. The van der Waals surface area contributed by atoms with Crippen LogP contribution in [0.1, 0.15) is 22.6 Å². The standard InChI is InChI=1S/C18H17N3O/c1-4-7-16-14(3)20-18-17(9-6-11-21(16)18)22-12-15-8-5-10-19-13(15)2/h1,5-6,8-11H,7,12H2,2-3H3. The summed E-state index contributed by atoms with van der Waals surface area (Å²) in [6, 6.07) is 7.80. The highest BCUT2D eigenvalue weighted by Gasteiger charge is 2.12. The van der Waals surface area contributed by atoms with Crippen LogP contribution in [0.25, 0.3) is 5.65 Å². The van der Waals surface area contributed by atoms with E-state index < -0.39 is 0 Å². The Morgan fingerprint density at radius 1 is 1.23 bits per heavy atom. The van der Waals surface area contributed by atoms with Crippen molar-refractivity contribution in [2.24, 2.45) is 0 Å². The van der Waals surface area contributed by atoms with Gasteiger partial charge in [-0.3, -0.25) is 9.38 Å². The minimum atomic E-state index is 0.468. The molecule has 0 N–H and O–H groups in total. The molecule has 0 saturated carbocycles. The third-order valence-corrected chi connectivity index (χ3v) is 3.68. The van der Waals surface area contributed by atoms with Crippen molar-refractivity contribution in [3.8, 4) is 18.1 Å². The molecule has 4 nitrogen and oxygen atoms in total. The largest absolute Gasteiger partial charge is 0.485 e. The smallest absolute Gasteiger partial charge is 0.180 e. The van der Waals surface area contributed by atoms with Gasteiger partial charge in [-0.2, -0.15) is 0 Å². The van der Waals surface area contributed by atoms with Crippen molar-refractivity contribution < 1.29 is 4.74 Å². The Balaban J connectivity index is 1.93. The van der Waals surface area contributed by atoms with Gasteiger partial charge in [-0.05, 0) is 32.0 Å². The van der Waals surface area contributed by atoms with Gasteiger partial charge >= 0.3 is 0 Å². The van der Waals surface area contributed by atoms with Gasteiger partial charge in [0.2, 0.25) is 0 Å². The van der Waals surface area contributed by atoms with Crippen molar-refractivity contribution in [2.45, 2.75) is 26.9 Å². The monoisotopic (exact) mass is 291 g/mol. The highest BCUT2D eigenvalue weighted by Crippen LogP contribution is 2.23. The van der Waals surface area contributed by atoms with E-state index in [0.29, 0.717) is 13.0 Å². The number of hydrogen-bond donors (Lipinski definition) is 0. The zero-order chi connectivity index (χ0) is 15.5. The van der Waals surface area contributed by atoms with Crippen molar-refractivity contribution in [2.75, 3.05) is 0 Å². The van der Waals surface area contributed by atoms with E-state index in [4.69, 9.17) is 11.2 Å². The first-order valence-electron chi connectivity index (χ1n) is 7.14. The molecule has 0 aliphatic carbocycles. The fourth-order valence-electron chi connectivity index (χ4n) is 2.45. The van der Waals surface area contributed by atoms with Gasteiger partial charge in [-0.25, -0.2) is 4.98 Å².